The average Bonchev–Trinajstić information content (AvgIpc) is 2.05. The summed E-state index contributed by atoms with van der Waals surface area (Å²) in [6.07, 6.45) is 7.53. The van der Waals surface area contributed by atoms with Crippen LogP contribution in [-0.2, 0) is 0 Å². The van der Waals surface area contributed by atoms with Gasteiger partial charge in [0.15, 0.2) is 0 Å². The molecule has 1 rings (SSSR count). The molecule has 0 aromatic carbocycles. The molecule has 0 atom stereocenters. The monoisotopic (exact) mass is 262 g/mol. The van der Waals surface area contributed by atoms with Crippen molar-refractivity contribution < 1.29 is 0 Å². The summed E-state index contributed by atoms with van der Waals surface area (Å²) in [4.78, 5) is 1.96. The Labute approximate surface area is 78.0 Å². The Kier molecular flexibility index (Phi) is 3.43. The molecule has 0 unspecified atom stereocenters. The maximum atomic E-state index is 3.40. The van der Waals surface area contributed by atoms with E-state index in [0.717, 1.165) is 11.8 Å². The maximum absolute atomic E-state index is 3.40. The van der Waals surface area contributed by atoms with Crippen molar-refractivity contribution in [3.8, 4) is 0 Å². The quantitative estimate of drug-likeness (QED) is 0.635. The third-order valence-corrected chi connectivity index (χ3v) is 2.64. The third-order valence-electron chi connectivity index (χ3n) is 1.41. The molecule has 0 radical (unpaired) electrons. The van der Waals surface area contributed by atoms with Gasteiger partial charge in [0.25, 0.3) is 0 Å². The Bertz CT molecular complexity index is 199. The molecule has 0 aliphatic heterocycles. The van der Waals surface area contributed by atoms with Gasteiger partial charge in [0.1, 0.15) is 0 Å². The topological polar surface area (TPSA) is 0 Å². The van der Waals surface area contributed by atoms with Gasteiger partial charge < -0.3 is 0 Å². The van der Waals surface area contributed by atoms with Crippen LogP contribution in [0.5, 0.6) is 0 Å². The fourth-order valence-electron chi connectivity index (χ4n) is 0.779. The van der Waals surface area contributed by atoms with Crippen molar-refractivity contribution in [1.29, 1.82) is 0 Å². The fraction of sp³-hybridized carbons (Fsp3) is 0.250. The Balaban J connectivity index is 2.63. The summed E-state index contributed by atoms with van der Waals surface area (Å²) in [5.74, 6) is 0. The third kappa shape index (κ3) is 2.10. The van der Waals surface area contributed by atoms with E-state index in [-0.39, 0.29) is 0 Å². The normalized spacial score (nSPS) is 21.4. The molecule has 0 saturated carbocycles. The van der Waals surface area contributed by atoms with Gasteiger partial charge in [-0.05, 0) is 22.6 Å². The van der Waals surface area contributed by atoms with E-state index in [9.17, 15) is 0 Å². The summed E-state index contributed by atoms with van der Waals surface area (Å²) >= 11 is 6.70. The summed E-state index contributed by atoms with van der Waals surface area (Å²) in [5.41, 5.74) is 2.68. The van der Waals surface area contributed by atoms with Crippen molar-refractivity contribution in [1.82, 2.24) is 0 Å². The molecule has 0 saturated heterocycles. The van der Waals surface area contributed by atoms with E-state index < -0.39 is 0 Å². The average molecular weight is 264 g/mol. The van der Waals surface area contributed by atoms with Crippen molar-refractivity contribution in [3.05, 3.63) is 34.4 Å². The molecule has 0 aromatic heterocycles. The van der Waals surface area contributed by atoms with Crippen LogP contribution < -0.4 is 0 Å². The number of hydrogen-bond acceptors (Lipinski definition) is 0. The Hall–Kier alpha value is 0.180. The minimum atomic E-state index is 0.957. The van der Waals surface area contributed by atoms with Crippen LogP contribution in [0.15, 0.2) is 34.4 Å². The Morgan fingerprint density at radius 3 is 2.70 bits per heavy atom. The number of alkyl halides is 1. The second-order valence-electron chi connectivity index (χ2n) is 2.13. The standard InChI is InChI=1S/C8H8Br2/c9-5-7-1-2-8(6-10)4-3-7/h1-3,6H,4-5H2/b8-6+. The predicted octanol–water partition coefficient (Wildman–Crippen LogP) is 3.55. The molecule has 2 heteroatoms. The molecular formula is C8H8Br2. The smallest absolute Gasteiger partial charge is 0.0280 e. The lowest BCUT2D eigenvalue weighted by Crippen LogP contribution is -1.87. The highest BCUT2D eigenvalue weighted by Crippen LogP contribution is 2.17. The van der Waals surface area contributed by atoms with Gasteiger partial charge in [0, 0.05) is 5.33 Å². The van der Waals surface area contributed by atoms with Gasteiger partial charge >= 0.3 is 0 Å². The largest absolute Gasteiger partial charge is 0.0876 e. The highest BCUT2D eigenvalue weighted by atomic mass is 79.9. The Morgan fingerprint density at radius 1 is 1.50 bits per heavy atom. The van der Waals surface area contributed by atoms with Crippen LogP contribution in [0.1, 0.15) is 6.42 Å². The number of rotatable bonds is 1. The zero-order valence-corrected chi connectivity index (χ0v) is 8.65. The molecule has 0 nitrogen and oxygen atoms in total. The van der Waals surface area contributed by atoms with Crippen LogP contribution in [0.2, 0.25) is 0 Å². The van der Waals surface area contributed by atoms with Crippen molar-refractivity contribution in [2.45, 2.75) is 6.42 Å². The van der Waals surface area contributed by atoms with Gasteiger partial charge in [-0.3, -0.25) is 0 Å². The zero-order valence-electron chi connectivity index (χ0n) is 5.48. The molecule has 1 aliphatic rings. The molecule has 1 aliphatic carbocycles. The first-order valence-corrected chi connectivity index (χ1v) is 5.13. The molecule has 0 heterocycles. The molecule has 0 N–H and O–H groups in total. The second-order valence-corrected chi connectivity index (χ2v) is 3.15. The van der Waals surface area contributed by atoms with Gasteiger partial charge in [-0.1, -0.05) is 50.1 Å². The van der Waals surface area contributed by atoms with Gasteiger partial charge in [-0.25, -0.2) is 0 Å². The van der Waals surface area contributed by atoms with Crippen molar-refractivity contribution in [3.63, 3.8) is 0 Å². The van der Waals surface area contributed by atoms with Crippen LogP contribution in [-0.4, -0.2) is 5.33 Å². The van der Waals surface area contributed by atoms with Crippen LogP contribution in [0.4, 0.5) is 0 Å². The summed E-state index contributed by atoms with van der Waals surface area (Å²) in [6.45, 7) is 0. The molecule has 0 aromatic rings. The molecule has 54 valence electrons. The number of halogens is 2. The SMILES string of the molecule is Br/C=C1\C=CC(CBr)=CC1. The van der Waals surface area contributed by atoms with Gasteiger partial charge in [0.05, 0.1) is 0 Å². The lowest BCUT2D eigenvalue weighted by Gasteiger charge is -2.04. The highest BCUT2D eigenvalue weighted by molar-refractivity contribution is 9.11. The van der Waals surface area contributed by atoms with Gasteiger partial charge in [-0.15, -0.1) is 0 Å². The van der Waals surface area contributed by atoms with E-state index >= 15 is 0 Å². The molecule has 0 fully saturated rings. The molecule has 0 spiro atoms. The van der Waals surface area contributed by atoms with Gasteiger partial charge in [0.2, 0.25) is 0 Å². The molecule has 0 bridgehead atoms. The minimum Gasteiger partial charge on any atom is -0.0876 e. The minimum absolute atomic E-state index is 0.957. The lowest BCUT2D eigenvalue weighted by molar-refractivity contribution is 1.23. The fourth-order valence-corrected chi connectivity index (χ4v) is 1.53. The van der Waals surface area contributed by atoms with E-state index in [1.807, 2.05) is 4.99 Å². The van der Waals surface area contributed by atoms with Crippen LogP contribution in [0.25, 0.3) is 0 Å². The van der Waals surface area contributed by atoms with E-state index in [4.69, 9.17) is 0 Å². The molecular weight excluding hydrogens is 256 g/mol. The van der Waals surface area contributed by atoms with E-state index in [1.54, 1.807) is 0 Å². The maximum Gasteiger partial charge on any atom is 0.0280 e. The Morgan fingerprint density at radius 2 is 2.30 bits per heavy atom. The number of allylic oxidation sites excluding steroid dienone is 5. The predicted molar refractivity (Wildman–Crippen MR) is 52.6 cm³/mol. The summed E-state index contributed by atoms with van der Waals surface area (Å²) < 4.78 is 0. The van der Waals surface area contributed by atoms with E-state index in [2.05, 4.69) is 50.1 Å². The summed E-state index contributed by atoms with van der Waals surface area (Å²) in [7, 11) is 0. The van der Waals surface area contributed by atoms with Crippen LogP contribution in [0.3, 0.4) is 0 Å². The van der Waals surface area contributed by atoms with Crippen LogP contribution in [0, 0.1) is 0 Å². The second kappa shape index (κ2) is 4.14. The summed E-state index contributed by atoms with van der Waals surface area (Å²) in [5, 5.41) is 0.957. The van der Waals surface area contributed by atoms with Gasteiger partial charge in [-0.2, -0.15) is 0 Å². The summed E-state index contributed by atoms with van der Waals surface area (Å²) in [6, 6.07) is 0. The van der Waals surface area contributed by atoms with Crippen LogP contribution >= 0.6 is 31.9 Å². The van der Waals surface area contributed by atoms with E-state index in [1.165, 1.54) is 11.1 Å². The zero-order chi connectivity index (χ0) is 7.40. The number of hydrogen-bond donors (Lipinski definition) is 0. The highest BCUT2D eigenvalue weighted by Gasteiger charge is 1.97. The first-order chi connectivity index (χ1) is 4.86. The molecule has 10 heavy (non-hydrogen) atoms. The lowest BCUT2D eigenvalue weighted by atomic mass is 10.1. The van der Waals surface area contributed by atoms with Crippen molar-refractivity contribution in [2.75, 3.05) is 5.33 Å². The van der Waals surface area contributed by atoms with E-state index in [0.29, 0.717) is 0 Å². The van der Waals surface area contributed by atoms with Crippen molar-refractivity contribution in [2.24, 2.45) is 0 Å². The van der Waals surface area contributed by atoms with Crippen molar-refractivity contribution >= 4 is 31.9 Å². The first kappa shape index (κ1) is 8.28. The first-order valence-electron chi connectivity index (χ1n) is 3.09. The molecule has 0 amide bonds.